The third kappa shape index (κ3) is 2.49. The molecule has 0 unspecified atom stereocenters. The molecule has 5 rings (SSSR count). The van der Waals surface area contributed by atoms with E-state index < -0.39 is 18.3 Å². The fourth-order valence-corrected chi connectivity index (χ4v) is 3.81. The molecule has 0 atom stereocenters. The lowest BCUT2D eigenvalue weighted by atomic mass is 9.77. The molecule has 3 heterocycles. The summed E-state index contributed by atoms with van der Waals surface area (Å²) in [4.78, 5) is 4.40. The number of fused-ring (bicyclic) bond motifs is 4. The average Bonchev–Trinajstić information content (AvgIpc) is 3.04. The van der Waals surface area contributed by atoms with Gasteiger partial charge in [0.05, 0.1) is 11.2 Å². The molecule has 2 aromatic heterocycles. The lowest BCUT2D eigenvalue weighted by Gasteiger charge is -2.32. The van der Waals surface area contributed by atoms with Crippen LogP contribution in [0.25, 0.3) is 32.8 Å². The van der Waals surface area contributed by atoms with Crippen LogP contribution in [-0.4, -0.2) is 23.3 Å². The Morgan fingerprint density at radius 2 is 1.56 bits per heavy atom. The highest BCUT2D eigenvalue weighted by Gasteiger charge is 2.52. The first kappa shape index (κ1) is 17.1. The highest BCUT2D eigenvalue weighted by molar-refractivity contribution is 6.66. The maximum absolute atomic E-state index is 6.29. The molecule has 0 saturated carbocycles. The molecule has 27 heavy (non-hydrogen) atoms. The van der Waals surface area contributed by atoms with Crippen LogP contribution in [0.1, 0.15) is 27.7 Å². The van der Waals surface area contributed by atoms with Gasteiger partial charge in [0.15, 0.2) is 0 Å². The molecule has 4 aromatic rings. The van der Waals surface area contributed by atoms with E-state index in [0.717, 1.165) is 32.6 Å². The fraction of sp³-hybridized carbons (Fsp3) is 0.286. The van der Waals surface area contributed by atoms with E-state index in [0.29, 0.717) is 10.9 Å². The van der Waals surface area contributed by atoms with Crippen LogP contribution in [0, 0.1) is 0 Å². The number of nitrogens with zero attached hydrogens (tertiary/aromatic N) is 1. The molecule has 6 heteroatoms. The fourth-order valence-electron chi connectivity index (χ4n) is 3.61. The molecule has 4 nitrogen and oxygen atoms in total. The molecule has 0 aliphatic carbocycles. The molecule has 0 bridgehead atoms. The van der Waals surface area contributed by atoms with Gasteiger partial charge in [-0.3, -0.25) is 0 Å². The molecule has 2 aromatic carbocycles. The van der Waals surface area contributed by atoms with E-state index in [1.807, 2.05) is 52.0 Å². The summed E-state index contributed by atoms with van der Waals surface area (Å²) in [5.74, 6) is 0. The number of furan rings is 1. The van der Waals surface area contributed by atoms with Crippen molar-refractivity contribution in [1.29, 1.82) is 0 Å². The van der Waals surface area contributed by atoms with Crippen molar-refractivity contribution in [2.45, 2.75) is 38.9 Å². The number of rotatable bonds is 1. The van der Waals surface area contributed by atoms with Crippen molar-refractivity contribution in [3.8, 4) is 0 Å². The van der Waals surface area contributed by atoms with Crippen LogP contribution in [0.15, 0.2) is 46.9 Å². The van der Waals surface area contributed by atoms with E-state index in [-0.39, 0.29) is 0 Å². The van der Waals surface area contributed by atoms with E-state index in [1.54, 1.807) is 0 Å². The molecular formula is C21H19BClNO3. The second kappa shape index (κ2) is 5.47. The summed E-state index contributed by atoms with van der Waals surface area (Å²) in [6.07, 6.45) is 0. The summed E-state index contributed by atoms with van der Waals surface area (Å²) in [5.41, 5.74) is 1.24. The maximum atomic E-state index is 6.29. The van der Waals surface area contributed by atoms with Gasteiger partial charge in [0.1, 0.15) is 10.7 Å². The molecule has 1 saturated heterocycles. The van der Waals surface area contributed by atoms with Gasteiger partial charge in [-0.05, 0) is 62.1 Å². The van der Waals surface area contributed by atoms with Gasteiger partial charge in [-0.2, -0.15) is 0 Å². The number of halogens is 1. The Bertz CT molecular complexity index is 1200. The van der Waals surface area contributed by atoms with E-state index in [4.69, 9.17) is 25.3 Å². The SMILES string of the molecule is CC1(C)OB(c2cc(Cl)nc3oc4cc5ccccc5cc4c23)OC1(C)C. The number of aromatic nitrogens is 1. The lowest BCUT2D eigenvalue weighted by Crippen LogP contribution is -2.41. The maximum Gasteiger partial charge on any atom is 0.495 e. The van der Waals surface area contributed by atoms with E-state index in [2.05, 4.69) is 23.2 Å². The van der Waals surface area contributed by atoms with Gasteiger partial charge in [0, 0.05) is 10.8 Å². The van der Waals surface area contributed by atoms with Crippen molar-refractivity contribution < 1.29 is 13.7 Å². The number of benzene rings is 2. The highest BCUT2D eigenvalue weighted by atomic mass is 35.5. The first-order valence-electron chi connectivity index (χ1n) is 9.02. The predicted octanol–water partition coefficient (Wildman–Crippen LogP) is 5.09. The summed E-state index contributed by atoms with van der Waals surface area (Å²) in [6.45, 7) is 8.14. The summed E-state index contributed by atoms with van der Waals surface area (Å²) in [7, 11) is -0.537. The van der Waals surface area contributed by atoms with Gasteiger partial charge < -0.3 is 13.7 Å². The van der Waals surface area contributed by atoms with Crippen molar-refractivity contribution in [1.82, 2.24) is 4.98 Å². The molecule has 0 radical (unpaired) electrons. The molecule has 1 fully saturated rings. The molecule has 1 aliphatic rings. The van der Waals surface area contributed by atoms with Crippen LogP contribution < -0.4 is 5.46 Å². The van der Waals surface area contributed by atoms with Gasteiger partial charge in [0.2, 0.25) is 5.71 Å². The van der Waals surface area contributed by atoms with Crippen molar-refractivity contribution >= 4 is 57.0 Å². The number of hydrogen-bond donors (Lipinski definition) is 0. The summed E-state index contributed by atoms with van der Waals surface area (Å²) in [6, 6.07) is 14.2. The van der Waals surface area contributed by atoms with Crippen molar-refractivity contribution in [3.05, 3.63) is 47.6 Å². The van der Waals surface area contributed by atoms with E-state index in [9.17, 15) is 0 Å². The van der Waals surface area contributed by atoms with Gasteiger partial charge in [-0.1, -0.05) is 35.9 Å². The first-order chi connectivity index (χ1) is 12.7. The zero-order chi connectivity index (χ0) is 19.0. The molecule has 0 N–H and O–H groups in total. The smallest absolute Gasteiger partial charge is 0.438 e. The quantitative estimate of drug-likeness (QED) is 0.341. The zero-order valence-corrected chi connectivity index (χ0v) is 16.4. The van der Waals surface area contributed by atoms with Gasteiger partial charge in [0.25, 0.3) is 0 Å². The lowest BCUT2D eigenvalue weighted by molar-refractivity contribution is 0.00578. The van der Waals surface area contributed by atoms with Gasteiger partial charge in [-0.25, -0.2) is 4.98 Å². The van der Waals surface area contributed by atoms with Crippen LogP contribution in [0.4, 0.5) is 0 Å². The second-order valence-electron chi connectivity index (χ2n) is 8.10. The van der Waals surface area contributed by atoms with Crippen molar-refractivity contribution in [3.63, 3.8) is 0 Å². The molecule has 0 amide bonds. The summed E-state index contributed by atoms with van der Waals surface area (Å²) >= 11 is 6.29. The Balaban J connectivity index is 1.80. The third-order valence-corrected chi connectivity index (χ3v) is 6.01. The predicted molar refractivity (Wildman–Crippen MR) is 110 cm³/mol. The second-order valence-corrected chi connectivity index (χ2v) is 8.49. The number of hydrogen-bond acceptors (Lipinski definition) is 4. The Morgan fingerprint density at radius 3 is 2.22 bits per heavy atom. The van der Waals surface area contributed by atoms with Crippen LogP contribution in [0.5, 0.6) is 0 Å². The molecule has 136 valence electrons. The number of pyridine rings is 1. The normalized spacial score (nSPS) is 18.8. The Labute approximate surface area is 162 Å². The minimum absolute atomic E-state index is 0.357. The van der Waals surface area contributed by atoms with Crippen LogP contribution in [-0.2, 0) is 9.31 Å². The molecule has 0 spiro atoms. The monoisotopic (exact) mass is 379 g/mol. The molecule has 1 aliphatic heterocycles. The Hall–Kier alpha value is -2.08. The minimum Gasteiger partial charge on any atom is -0.438 e. The van der Waals surface area contributed by atoms with E-state index in [1.165, 1.54) is 0 Å². The average molecular weight is 380 g/mol. The van der Waals surface area contributed by atoms with Gasteiger partial charge in [-0.15, -0.1) is 0 Å². The van der Waals surface area contributed by atoms with Crippen molar-refractivity contribution in [2.75, 3.05) is 0 Å². The standard InChI is InChI=1S/C21H19BClNO3/c1-20(2)21(3,4)27-22(26-20)15-11-17(23)24-19-18(15)14-9-12-7-5-6-8-13(12)10-16(14)25-19/h5-11H,1-4H3. The van der Waals surface area contributed by atoms with Crippen LogP contribution in [0.3, 0.4) is 0 Å². The topological polar surface area (TPSA) is 44.5 Å². The Morgan fingerprint density at radius 1 is 0.926 bits per heavy atom. The first-order valence-corrected chi connectivity index (χ1v) is 9.40. The van der Waals surface area contributed by atoms with Crippen LogP contribution >= 0.6 is 11.6 Å². The van der Waals surface area contributed by atoms with Gasteiger partial charge >= 0.3 is 7.12 Å². The molecular weight excluding hydrogens is 361 g/mol. The summed E-state index contributed by atoms with van der Waals surface area (Å²) < 4.78 is 18.6. The third-order valence-electron chi connectivity index (χ3n) is 5.82. The zero-order valence-electron chi connectivity index (χ0n) is 15.7. The van der Waals surface area contributed by atoms with Crippen molar-refractivity contribution in [2.24, 2.45) is 0 Å². The largest absolute Gasteiger partial charge is 0.495 e. The van der Waals surface area contributed by atoms with Crippen LogP contribution in [0.2, 0.25) is 5.15 Å². The summed E-state index contributed by atoms with van der Waals surface area (Å²) in [5, 5.41) is 4.49. The minimum atomic E-state index is -0.537. The highest BCUT2D eigenvalue weighted by Crippen LogP contribution is 2.38. The Kier molecular flexibility index (Phi) is 3.46. The van der Waals surface area contributed by atoms with E-state index >= 15 is 0 Å².